The number of nitrogens with zero attached hydrogens (tertiary/aromatic N) is 2. The van der Waals surface area contributed by atoms with Gasteiger partial charge in [-0.1, -0.05) is 35.7 Å². The van der Waals surface area contributed by atoms with Crippen LogP contribution in [0.4, 0.5) is 0 Å². The van der Waals surface area contributed by atoms with E-state index >= 15 is 0 Å². The second kappa shape index (κ2) is 6.76. The summed E-state index contributed by atoms with van der Waals surface area (Å²) in [6, 6.07) is 1.76. The molecule has 0 aliphatic carbocycles. The molecule has 1 unspecified atom stereocenters. The highest BCUT2D eigenvalue weighted by Gasteiger charge is 2.04. The van der Waals surface area contributed by atoms with E-state index in [4.69, 9.17) is 4.74 Å². The Morgan fingerprint density at radius 1 is 1.57 bits per heavy atom. The molecule has 0 fully saturated rings. The van der Waals surface area contributed by atoms with E-state index in [-0.39, 0.29) is 0 Å². The minimum Gasteiger partial charge on any atom is -0.476 e. The van der Waals surface area contributed by atoms with Gasteiger partial charge in [-0.05, 0) is 6.42 Å². The highest BCUT2D eigenvalue weighted by atomic mass is 79.9. The molecule has 1 heterocycles. The Morgan fingerprint density at radius 2 is 2.43 bits per heavy atom. The molecule has 0 amide bonds. The lowest BCUT2D eigenvalue weighted by atomic mass is 10.2. The number of halogens is 1. The normalized spacial score (nSPS) is 12.4. The van der Waals surface area contributed by atoms with Gasteiger partial charge >= 0.3 is 0 Å². The summed E-state index contributed by atoms with van der Waals surface area (Å²) in [7, 11) is 0. The smallest absolute Gasteiger partial charge is 0.216 e. The summed E-state index contributed by atoms with van der Waals surface area (Å²) in [4.78, 5) is 8.21. The van der Waals surface area contributed by atoms with E-state index in [1.165, 1.54) is 19.2 Å². The van der Waals surface area contributed by atoms with E-state index < -0.39 is 0 Å². The molecule has 4 heteroatoms. The third kappa shape index (κ3) is 4.56. The Hall–Kier alpha value is -0.640. The molecule has 3 nitrogen and oxygen atoms in total. The van der Waals surface area contributed by atoms with Crippen LogP contribution in [0, 0.1) is 0 Å². The molecule has 0 bridgehead atoms. The maximum atomic E-state index is 5.47. The quantitative estimate of drug-likeness (QED) is 0.737. The van der Waals surface area contributed by atoms with Crippen LogP contribution in [0.15, 0.2) is 18.6 Å². The van der Waals surface area contributed by atoms with Crippen molar-refractivity contribution in [2.75, 3.05) is 6.61 Å². The van der Waals surface area contributed by atoms with Gasteiger partial charge in [-0.15, -0.1) is 0 Å². The van der Waals surface area contributed by atoms with Crippen LogP contribution in [-0.2, 0) is 0 Å². The van der Waals surface area contributed by atoms with Gasteiger partial charge in [0.05, 0.1) is 0 Å². The predicted octanol–water partition coefficient (Wildman–Crippen LogP) is 2.81. The molecule has 1 rings (SSSR count). The number of hydrogen-bond acceptors (Lipinski definition) is 3. The summed E-state index contributed by atoms with van der Waals surface area (Å²) >= 11 is 3.57. The second-order valence-electron chi connectivity index (χ2n) is 3.10. The Kier molecular flexibility index (Phi) is 5.52. The van der Waals surface area contributed by atoms with Crippen molar-refractivity contribution < 1.29 is 4.74 Å². The maximum Gasteiger partial charge on any atom is 0.216 e. The van der Waals surface area contributed by atoms with Crippen molar-refractivity contribution in [3.63, 3.8) is 0 Å². The van der Waals surface area contributed by atoms with Crippen LogP contribution in [0.25, 0.3) is 0 Å². The Bertz CT molecular complexity index is 243. The molecule has 1 atom stereocenters. The summed E-state index contributed by atoms with van der Waals surface area (Å²) < 4.78 is 5.47. The van der Waals surface area contributed by atoms with Crippen LogP contribution >= 0.6 is 15.9 Å². The topological polar surface area (TPSA) is 35.0 Å². The fourth-order valence-corrected chi connectivity index (χ4v) is 1.50. The van der Waals surface area contributed by atoms with Crippen molar-refractivity contribution in [1.82, 2.24) is 9.97 Å². The summed E-state index contributed by atoms with van der Waals surface area (Å²) in [5.74, 6) is 0.640. The van der Waals surface area contributed by atoms with Crippen LogP contribution in [0.1, 0.15) is 26.2 Å². The van der Waals surface area contributed by atoms with E-state index in [2.05, 4.69) is 32.8 Å². The molecule has 0 radical (unpaired) electrons. The van der Waals surface area contributed by atoms with E-state index in [9.17, 15) is 0 Å². The summed E-state index contributed by atoms with van der Waals surface area (Å²) in [5, 5.41) is 0. The monoisotopic (exact) mass is 258 g/mol. The van der Waals surface area contributed by atoms with Crippen LogP contribution in [0.5, 0.6) is 5.88 Å². The van der Waals surface area contributed by atoms with E-state index in [1.807, 2.05) is 0 Å². The summed E-state index contributed by atoms with van der Waals surface area (Å²) in [6.07, 6.45) is 6.75. The average Bonchev–Trinajstić information content (AvgIpc) is 2.25. The Balaban J connectivity index is 2.20. The molecule has 78 valence electrons. The largest absolute Gasteiger partial charge is 0.476 e. The van der Waals surface area contributed by atoms with Gasteiger partial charge in [0, 0.05) is 17.1 Å². The van der Waals surface area contributed by atoms with Crippen molar-refractivity contribution in [1.29, 1.82) is 0 Å². The number of alkyl halides is 1. The minimum atomic E-state index is 0.414. The van der Waals surface area contributed by atoms with Gasteiger partial charge < -0.3 is 4.74 Å². The Labute approximate surface area is 93.0 Å². The van der Waals surface area contributed by atoms with Gasteiger partial charge in [0.1, 0.15) is 12.9 Å². The first-order valence-electron chi connectivity index (χ1n) is 4.85. The number of rotatable bonds is 6. The van der Waals surface area contributed by atoms with Crippen LogP contribution in [0.3, 0.4) is 0 Å². The van der Waals surface area contributed by atoms with Crippen molar-refractivity contribution >= 4 is 15.9 Å². The third-order valence-corrected chi connectivity index (χ3v) is 2.56. The van der Waals surface area contributed by atoms with Gasteiger partial charge in [-0.3, -0.25) is 0 Å². The van der Waals surface area contributed by atoms with Gasteiger partial charge in [0.25, 0.3) is 0 Å². The zero-order valence-corrected chi connectivity index (χ0v) is 9.90. The van der Waals surface area contributed by atoms with E-state index in [0.717, 1.165) is 6.42 Å². The molecular formula is C10H15BrN2O. The van der Waals surface area contributed by atoms with Crippen LogP contribution < -0.4 is 4.74 Å². The first-order chi connectivity index (χ1) is 6.83. The lowest BCUT2D eigenvalue weighted by Crippen LogP contribution is -2.11. The van der Waals surface area contributed by atoms with Gasteiger partial charge in [0.2, 0.25) is 5.88 Å². The van der Waals surface area contributed by atoms with Crippen molar-refractivity contribution in [2.45, 2.75) is 31.0 Å². The molecule has 1 aromatic heterocycles. The van der Waals surface area contributed by atoms with Gasteiger partial charge in [0.15, 0.2) is 0 Å². The molecule has 0 spiro atoms. The van der Waals surface area contributed by atoms with Crippen molar-refractivity contribution in [3.8, 4) is 5.88 Å². The lowest BCUT2D eigenvalue weighted by Gasteiger charge is -2.09. The zero-order valence-electron chi connectivity index (χ0n) is 8.32. The van der Waals surface area contributed by atoms with Crippen molar-refractivity contribution in [2.24, 2.45) is 0 Å². The highest BCUT2D eigenvalue weighted by Crippen LogP contribution is 2.11. The fraction of sp³-hybridized carbons (Fsp3) is 0.600. The summed E-state index contributed by atoms with van der Waals surface area (Å²) in [5.41, 5.74) is 0. The zero-order chi connectivity index (χ0) is 10.2. The molecular weight excluding hydrogens is 244 g/mol. The van der Waals surface area contributed by atoms with Crippen molar-refractivity contribution in [3.05, 3.63) is 18.6 Å². The number of unbranched alkanes of at least 4 members (excludes halogenated alkanes) is 1. The second-order valence-corrected chi connectivity index (χ2v) is 4.39. The van der Waals surface area contributed by atoms with Gasteiger partial charge in [-0.2, -0.15) is 0 Å². The van der Waals surface area contributed by atoms with E-state index in [1.54, 1.807) is 12.3 Å². The molecule has 0 aliphatic rings. The third-order valence-electron chi connectivity index (χ3n) is 1.84. The van der Waals surface area contributed by atoms with E-state index in [0.29, 0.717) is 17.3 Å². The standard InChI is InChI=1S/C10H15BrN2O/c1-2-3-4-9(11)7-14-10-5-6-12-8-13-10/h5-6,8-9H,2-4,7H2,1H3. The van der Waals surface area contributed by atoms with Crippen LogP contribution in [0.2, 0.25) is 0 Å². The number of hydrogen-bond donors (Lipinski definition) is 0. The SMILES string of the molecule is CCCCC(Br)COc1ccncn1. The first-order valence-corrected chi connectivity index (χ1v) is 5.77. The Morgan fingerprint density at radius 3 is 3.07 bits per heavy atom. The molecule has 14 heavy (non-hydrogen) atoms. The molecule has 0 saturated carbocycles. The number of ether oxygens (including phenoxy) is 1. The fourth-order valence-electron chi connectivity index (χ4n) is 1.05. The first kappa shape index (κ1) is 11.4. The molecule has 1 aromatic rings. The molecule has 0 saturated heterocycles. The predicted molar refractivity (Wildman–Crippen MR) is 59.8 cm³/mol. The molecule has 0 N–H and O–H groups in total. The van der Waals surface area contributed by atoms with Crippen LogP contribution in [-0.4, -0.2) is 21.4 Å². The summed E-state index contributed by atoms with van der Waals surface area (Å²) in [6.45, 7) is 2.85. The highest BCUT2D eigenvalue weighted by molar-refractivity contribution is 9.09. The minimum absolute atomic E-state index is 0.414. The molecule has 0 aliphatic heterocycles. The average molecular weight is 259 g/mol. The molecule has 0 aromatic carbocycles. The van der Waals surface area contributed by atoms with Gasteiger partial charge in [-0.25, -0.2) is 9.97 Å². The maximum absolute atomic E-state index is 5.47. The number of aromatic nitrogens is 2. The lowest BCUT2D eigenvalue weighted by molar-refractivity contribution is 0.301.